The molecular formula is C9H10BrF3N2O2. The molecule has 0 radical (unpaired) electrons. The van der Waals surface area contributed by atoms with E-state index < -0.39 is 18.6 Å². The highest BCUT2D eigenvalue weighted by atomic mass is 79.9. The highest BCUT2D eigenvalue weighted by Crippen LogP contribution is 2.18. The molecular weight excluding hydrogens is 305 g/mol. The predicted octanol–water partition coefficient (Wildman–Crippen LogP) is 2.38. The van der Waals surface area contributed by atoms with Gasteiger partial charge in [-0.15, -0.1) is 0 Å². The fraction of sp³-hybridized carbons (Fsp3) is 0.556. The van der Waals surface area contributed by atoms with E-state index in [1.165, 1.54) is 6.07 Å². The van der Waals surface area contributed by atoms with Crippen molar-refractivity contribution in [2.75, 3.05) is 18.4 Å². The van der Waals surface area contributed by atoms with Gasteiger partial charge in [0.1, 0.15) is 12.3 Å². The summed E-state index contributed by atoms with van der Waals surface area (Å²) in [5.74, 6) is -0.419. The summed E-state index contributed by atoms with van der Waals surface area (Å²) in [5.41, 5.74) is -0.118. The Morgan fingerprint density at radius 1 is 1.59 bits per heavy atom. The molecule has 0 aliphatic rings. The van der Waals surface area contributed by atoms with Gasteiger partial charge in [0.05, 0.1) is 0 Å². The number of hydrogen-bond acceptors (Lipinski definition) is 3. The van der Waals surface area contributed by atoms with E-state index in [9.17, 15) is 18.0 Å². The smallest absolute Gasteiger partial charge is 0.361 e. The summed E-state index contributed by atoms with van der Waals surface area (Å²) in [7, 11) is 0. The summed E-state index contributed by atoms with van der Waals surface area (Å²) in [6.45, 7) is 0.204. The lowest BCUT2D eigenvalue weighted by atomic mass is 10.3. The third kappa shape index (κ3) is 4.37. The van der Waals surface area contributed by atoms with E-state index in [1.54, 1.807) is 6.92 Å². The van der Waals surface area contributed by atoms with Crippen molar-refractivity contribution in [2.45, 2.75) is 13.1 Å². The van der Waals surface area contributed by atoms with Crippen LogP contribution >= 0.6 is 15.9 Å². The second-order valence-corrected chi connectivity index (χ2v) is 4.15. The van der Waals surface area contributed by atoms with E-state index >= 15 is 0 Å². The summed E-state index contributed by atoms with van der Waals surface area (Å²) in [6, 6.07) is 1.31. The lowest BCUT2D eigenvalue weighted by Gasteiger charge is -2.21. The molecule has 96 valence electrons. The zero-order chi connectivity index (χ0) is 13.1. The molecule has 0 unspecified atom stereocenters. The lowest BCUT2D eigenvalue weighted by molar-refractivity contribution is -0.140. The normalized spacial score (nSPS) is 11.6. The van der Waals surface area contributed by atoms with Gasteiger partial charge in [0.2, 0.25) is 0 Å². The Hall–Kier alpha value is -1.05. The number of amides is 1. The third-order valence-electron chi connectivity index (χ3n) is 1.86. The molecule has 1 heterocycles. The van der Waals surface area contributed by atoms with Crippen LogP contribution in [0.2, 0.25) is 0 Å². The van der Waals surface area contributed by atoms with Crippen LogP contribution < -0.4 is 0 Å². The predicted molar refractivity (Wildman–Crippen MR) is 57.0 cm³/mol. The number of halogens is 4. The maximum Gasteiger partial charge on any atom is 0.406 e. The van der Waals surface area contributed by atoms with Crippen LogP contribution in [0.4, 0.5) is 13.2 Å². The Morgan fingerprint density at radius 3 is 2.65 bits per heavy atom. The molecule has 0 atom stereocenters. The van der Waals surface area contributed by atoms with Crippen LogP contribution in [0.25, 0.3) is 0 Å². The number of hydrogen-bond donors (Lipinski definition) is 0. The first-order valence-corrected chi connectivity index (χ1v) is 5.81. The maximum absolute atomic E-state index is 12.3. The van der Waals surface area contributed by atoms with Crippen molar-refractivity contribution in [3.63, 3.8) is 0 Å². The Labute approximate surface area is 104 Å². The van der Waals surface area contributed by atoms with E-state index in [1.807, 2.05) is 0 Å². The van der Waals surface area contributed by atoms with Crippen LogP contribution in [0, 0.1) is 6.92 Å². The average molecular weight is 315 g/mol. The van der Waals surface area contributed by atoms with Gasteiger partial charge >= 0.3 is 6.18 Å². The molecule has 0 aromatic carbocycles. The highest BCUT2D eigenvalue weighted by molar-refractivity contribution is 9.09. The molecule has 0 saturated heterocycles. The first-order chi connectivity index (χ1) is 7.83. The Kier molecular flexibility index (Phi) is 4.55. The van der Waals surface area contributed by atoms with Crippen molar-refractivity contribution in [3.05, 3.63) is 17.5 Å². The topological polar surface area (TPSA) is 46.3 Å². The molecule has 0 N–H and O–H groups in total. The van der Waals surface area contributed by atoms with E-state index in [4.69, 9.17) is 0 Å². The van der Waals surface area contributed by atoms with Gasteiger partial charge in [-0.3, -0.25) is 4.79 Å². The van der Waals surface area contributed by atoms with Gasteiger partial charge in [-0.1, -0.05) is 21.1 Å². The number of carbonyl (C=O) groups is 1. The summed E-state index contributed by atoms with van der Waals surface area (Å²) in [6.07, 6.45) is -4.43. The van der Waals surface area contributed by atoms with Gasteiger partial charge in [0.15, 0.2) is 5.69 Å². The minimum absolute atomic E-state index is 0.0513. The Bertz CT molecular complexity index is 392. The van der Waals surface area contributed by atoms with Crippen LogP contribution in [-0.4, -0.2) is 40.6 Å². The van der Waals surface area contributed by atoms with Gasteiger partial charge in [-0.2, -0.15) is 13.2 Å². The van der Waals surface area contributed by atoms with Gasteiger partial charge in [0.25, 0.3) is 5.91 Å². The number of nitrogens with zero attached hydrogens (tertiary/aromatic N) is 2. The van der Waals surface area contributed by atoms with Gasteiger partial charge in [-0.25, -0.2) is 0 Å². The first-order valence-electron chi connectivity index (χ1n) is 4.69. The number of carbonyl (C=O) groups excluding carboxylic acids is 1. The average Bonchev–Trinajstić information content (AvgIpc) is 2.61. The fourth-order valence-electron chi connectivity index (χ4n) is 1.20. The van der Waals surface area contributed by atoms with Crippen LogP contribution in [0.15, 0.2) is 10.6 Å². The molecule has 8 heteroatoms. The molecule has 1 rings (SSSR count). The summed E-state index contributed by atoms with van der Waals surface area (Å²) >= 11 is 3.00. The largest absolute Gasteiger partial charge is 0.406 e. The Morgan fingerprint density at radius 2 is 2.24 bits per heavy atom. The zero-order valence-corrected chi connectivity index (χ0v) is 10.5. The zero-order valence-electron chi connectivity index (χ0n) is 8.92. The van der Waals surface area contributed by atoms with Gasteiger partial charge in [0, 0.05) is 17.9 Å². The SMILES string of the molecule is Cc1cc(C(=O)N(CCBr)CC(F)(F)F)no1. The maximum atomic E-state index is 12.3. The van der Waals surface area contributed by atoms with Crippen LogP contribution in [0.5, 0.6) is 0 Å². The molecule has 17 heavy (non-hydrogen) atoms. The summed E-state index contributed by atoms with van der Waals surface area (Å²) < 4.78 is 41.4. The second-order valence-electron chi connectivity index (χ2n) is 3.35. The first kappa shape index (κ1) is 14.0. The Balaban J connectivity index is 2.80. The van der Waals surface area contributed by atoms with E-state index in [0.717, 1.165) is 0 Å². The van der Waals surface area contributed by atoms with Crippen LogP contribution in [0.1, 0.15) is 16.2 Å². The fourth-order valence-corrected chi connectivity index (χ4v) is 1.63. The summed E-state index contributed by atoms with van der Waals surface area (Å²) in [5, 5.41) is 3.66. The van der Waals surface area contributed by atoms with Crippen LogP contribution in [0.3, 0.4) is 0 Å². The number of alkyl halides is 4. The molecule has 0 aliphatic heterocycles. The molecule has 1 aromatic rings. The molecule has 0 saturated carbocycles. The van der Waals surface area contributed by atoms with Crippen molar-refractivity contribution in [1.29, 1.82) is 0 Å². The van der Waals surface area contributed by atoms with Crippen molar-refractivity contribution in [1.82, 2.24) is 10.1 Å². The van der Waals surface area contributed by atoms with Crippen molar-refractivity contribution >= 4 is 21.8 Å². The second kappa shape index (κ2) is 5.52. The number of aryl methyl sites for hydroxylation is 1. The van der Waals surface area contributed by atoms with Crippen molar-refractivity contribution in [3.8, 4) is 0 Å². The third-order valence-corrected chi connectivity index (χ3v) is 2.21. The lowest BCUT2D eigenvalue weighted by Crippen LogP contribution is -2.40. The van der Waals surface area contributed by atoms with Gasteiger partial charge < -0.3 is 9.42 Å². The number of rotatable bonds is 4. The van der Waals surface area contributed by atoms with Gasteiger partial charge in [-0.05, 0) is 6.92 Å². The molecule has 1 aromatic heterocycles. The quantitative estimate of drug-likeness (QED) is 0.802. The molecule has 0 fully saturated rings. The van der Waals surface area contributed by atoms with Crippen molar-refractivity contribution < 1.29 is 22.5 Å². The molecule has 4 nitrogen and oxygen atoms in total. The molecule has 1 amide bonds. The van der Waals surface area contributed by atoms with E-state index in [-0.39, 0.29) is 17.6 Å². The number of aromatic nitrogens is 1. The molecule has 0 bridgehead atoms. The molecule has 0 spiro atoms. The minimum Gasteiger partial charge on any atom is -0.361 e. The molecule has 0 aliphatic carbocycles. The monoisotopic (exact) mass is 314 g/mol. The summed E-state index contributed by atoms with van der Waals surface area (Å²) in [4.78, 5) is 12.4. The van der Waals surface area contributed by atoms with E-state index in [0.29, 0.717) is 10.7 Å². The minimum atomic E-state index is -4.43. The standard InChI is InChI=1S/C9H10BrF3N2O2/c1-6-4-7(14-17-6)8(16)15(3-2-10)5-9(11,12)13/h4H,2-3,5H2,1H3. The van der Waals surface area contributed by atoms with Crippen LogP contribution in [-0.2, 0) is 0 Å². The highest BCUT2D eigenvalue weighted by Gasteiger charge is 2.33. The van der Waals surface area contributed by atoms with Crippen molar-refractivity contribution in [2.24, 2.45) is 0 Å². The van der Waals surface area contributed by atoms with E-state index in [2.05, 4.69) is 25.6 Å².